The molecule has 4 aliphatic rings. The minimum Gasteiger partial charge on any atom is -0.372 e. The van der Waals surface area contributed by atoms with E-state index in [1.54, 1.807) is 11.2 Å². The number of aromatic amines is 1. The molecular formula is C48H54N12O4. The van der Waals surface area contributed by atoms with Crippen molar-refractivity contribution >= 4 is 45.9 Å². The first-order valence-electron chi connectivity index (χ1n) is 22.5. The molecule has 2 aromatic carbocycles. The monoisotopic (exact) mass is 862 g/mol. The lowest BCUT2D eigenvalue weighted by molar-refractivity contribution is -0.120. The zero-order valence-electron chi connectivity index (χ0n) is 36.9. The summed E-state index contributed by atoms with van der Waals surface area (Å²) in [6.45, 7) is 15.6. The van der Waals surface area contributed by atoms with Crippen LogP contribution in [0.15, 0.2) is 71.6 Å². The number of amides is 4. The third-order valence-corrected chi connectivity index (χ3v) is 13.7. The summed E-state index contributed by atoms with van der Waals surface area (Å²) in [4.78, 5) is 68.1. The average molecular weight is 863 g/mol. The first-order chi connectivity index (χ1) is 31.0. The number of piperazine rings is 1. The van der Waals surface area contributed by atoms with Crippen molar-refractivity contribution in [2.24, 2.45) is 5.92 Å². The van der Waals surface area contributed by atoms with Crippen molar-refractivity contribution in [2.75, 3.05) is 67.1 Å². The molecule has 3 N–H and O–H groups in total. The molecule has 64 heavy (non-hydrogen) atoms. The number of anilines is 3. The Morgan fingerprint density at radius 1 is 0.891 bits per heavy atom. The Labute approximate surface area is 371 Å². The molecule has 0 spiro atoms. The van der Waals surface area contributed by atoms with Gasteiger partial charge in [-0.3, -0.25) is 29.7 Å². The number of aromatic nitrogens is 6. The second-order valence-corrected chi connectivity index (χ2v) is 18.3. The average Bonchev–Trinajstić information content (AvgIpc) is 3.63. The Morgan fingerprint density at radius 3 is 2.39 bits per heavy atom. The Balaban J connectivity index is 0.718. The molecule has 16 heteroatoms. The smallest absolute Gasteiger partial charge is 0.328 e. The van der Waals surface area contributed by atoms with Crippen LogP contribution in [0.5, 0.6) is 0 Å². The second-order valence-electron chi connectivity index (χ2n) is 18.3. The molecule has 4 fully saturated rings. The van der Waals surface area contributed by atoms with Gasteiger partial charge in [-0.15, -0.1) is 0 Å². The van der Waals surface area contributed by atoms with Crippen molar-refractivity contribution in [3.05, 3.63) is 95.5 Å². The third-order valence-electron chi connectivity index (χ3n) is 13.7. The van der Waals surface area contributed by atoms with Gasteiger partial charge in [-0.2, -0.15) is 4.98 Å². The quantitative estimate of drug-likeness (QED) is 0.125. The number of urea groups is 1. The van der Waals surface area contributed by atoms with Crippen LogP contribution in [0.3, 0.4) is 0 Å². The molecule has 10 rings (SSSR count). The van der Waals surface area contributed by atoms with Crippen molar-refractivity contribution in [3.63, 3.8) is 0 Å². The zero-order valence-corrected chi connectivity index (χ0v) is 36.9. The van der Waals surface area contributed by atoms with Crippen molar-refractivity contribution in [1.29, 1.82) is 0 Å². The Morgan fingerprint density at radius 2 is 1.67 bits per heavy atom. The molecular weight excluding hydrogens is 809 g/mol. The molecule has 16 nitrogen and oxygen atoms in total. The molecule has 1 aliphatic carbocycles. The molecule has 0 radical (unpaired) electrons. The number of rotatable bonds is 11. The van der Waals surface area contributed by atoms with Crippen molar-refractivity contribution < 1.29 is 18.9 Å². The molecule has 3 saturated heterocycles. The van der Waals surface area contributed by atoms with Gasteiger partial charge in [-0.25, -0.2) is 14.8 Å². The van der Waals surface area contributed by atoms with Crippen LogP contribution in [0.4, 0.5) is 21.9 Å². The van der Waals surface area contributed by atoms with E-state index in [-0.39, 0.29) is 35.1 Å². The first kappa shape index (κ1) is 41.3. The van der Waals surface area contributed by atoms with E-state index in [0.717, 1.165) is 133 Å². The second kappa shape index (κ2) is 16.8. The fourth-order valence-electron chi connectivity index (χ4n) is 9.51. The van der Waals surface area contributed by atoms with E-state index in [0.29, 0.717) is 24.8 Å². The van der Waals surface area contributed by atoms with E-state index >= 15 is 0 Å². The predicted octanol–water partition coefficient (Wildman–Crippen LogP) is 6.71. The third kappa shape index (κ3) is 8.29. The zero-order chi connectivity index (χ0) is 44.1. The largest absolute Gasteiger partial charge is 0.372 e. The van der Waals surface area contributed by atoms with E-state index < -0.39 is 0 Å². The van der Waals surface area contributed by atoms with Gasteiger partial charge >= 0.3 is 6.03 Å². The molecule has 3 aliphatic heterocycles. The number of hydrogen-bond donors (Lipinski definition) is 3. The number of fused-ring (bicyclic) bond motifs is 1. The lowest BCUT2D eigenvalue weighted by Crippen LogP contribution is -2.49. The fourth-order valence-corrected chi connectivity index (χ4v) is 9.51. The number of benzene rings is 2. The van der Waals surface area contributed by atoms with E-state index in [2.05, 4.69) is 88.8 Å². The van der Waals surface area contributed by atoms with Crippen molar-refractivity contribution in [2.45, 2.75) is 71.3 Å². The lowest BCUT2D eigenvalue weighted by Gasteiger charge is -2.40. The maximum Gasteiger partial charge on any atom is 0.328 e. The summed E-state index contributed by atoms with van der Waals surface area (Å²) in [5.74, 6) is 0.675. The molecule has 4 amide bonds. The van der Waals surface area contributed by atoms with E-state index in [1.165, 1.54) is 5.69 Å². The van der Waals surface area contributed by atoms with Crippen LogP contribution in [0, 0.1) is 19.8 Å². The number of nitrogens with zero attached hydrogens (tertiary/aromatic N) is 9. The number of aryl methyl sites for hydroxylation is 2. The molecule has 6 aromatic rings. The normalized spacial score (nSPS) is 18.7. The summed E-state index contributed by atoms with van der Waals surface area (Å²) < 4.78 is 5.38. The molecule has 1 saturated carbocycles. The highest BCUT2D eigenvalue weighted by Gasteiger charge is 2.45. The molecule has 4 aromatic heterocycles. The number of H-pyrrole nitrogens is 1. The Bertz CT molecular complexity index is 2730. The van der Waals surface area contributed by atoms with Gasteiger partial charge in [0, 0.05) is 86.5 Å². The summed E-state index contributed by atoms with van der Waals surface area (Å²) in [5, 5.41) is 10.3. The molecule has 1 atom stereocenters. The topological polar surface area (TPSA) is 182 Å². The minimum absolute atomic E-state index is 0.0589. The van der Waals surface area contributed by atoms with Crippen LogP contribution >= 0.6 is 0 Å². The molecule has 0 bridgehead atoms. The maximum absolute atomic E-state index is 13.0. The van der Waals surface area contributed by atoms with Crippen molar-refractivity contribution in [3.8, 4) is 22.6 Å². The Hall–Kier alpha value is -6.68. The summed E-state index contributed by atoms with van der Waals surface area (Å²) in [6, 6.07) is 18.1. The van der Waals surface area contributed by atoms with Crippen LogP contribution in [-0.4, -0.2) is 105 Å². The van der Waals surface area contributed by atoms with Crippen molar-refractivity contribution in [1.82, 2.24) is 45.6 Å². The number of carbonyl (C=O) groups excluding carboxylic acids is 3. The molecule has 330 valence electrons. The SMILES string of the molecule is Cc1cc(-c2ncnc3[nH]c(-c4ccc(N5CCN(CC6CCN(c7ccc(N8CCC(=O)NC8=O)c(C)c7)CC6)CC5)cn4)cc23)ccc1[C@@H](C)NC(=O)c1noc(C2(C)CC2)n1. The van der Waals surface area contributed by atoms with Crippen LogP contribution in [0.2, 0.25) is 0 Å². The number of pyridine rings is 1. The van der Waals surface area contributed by atoms with Crippen LogP contribution < -0.4 is 25.3 Å². The van der Waals surface area contributed by atoms with Crippen LogP contribution in [-0.2, 0) is 10.2 Å². The Kier molecular flexibility index (Phi) is 10.8. The highest BCUT2D eigenvalue weighted by Crippen LogP contribution is 2.46. The highest BCUT2D eigenvalue weighted by atomic mass is 16.5. The number of nitrogens with one attached hydrogen (secondary N) is 3. The van der Waals surface area contributed by atoms with E-state index in [1.807, 2.05) is 45.2 Å². The molecule has 0 unspecified atom stereocenters. The van der Waals surface area contributed by atoms with E-state index in [9.17, 15) is 14.4 Å². The summed E-state index contributed by atoms with van der Waals surface area (Å²) >= 11 is 0. The minimum atomic E-state index is -0.360. The highest BCUT2D eigenvalue weighted by molar-refractivity contribution is 6.06. The van der Waals surface area contributed by atoms with Gasteiger partial charge in [-0.1, -0.05) is 24.2 Å². The first-order valence-corrected chi connectivity index (χ1v) is 22.5. The fraction of sp³-hybridized carbons (Fsp3) is 0.417. The van der Waals surface area contributed by atoms with Gasteiger partial charge < -0.3 is 24.6 Å². The van der Waals surface area contributed by atoms with Crippen LogP contribution in [0.1, 0.15) is 85.2 Å². The van der Waals surface area contributed by atoms with E-state index in [4.69, 9.17) is 14.5 Å². The van der Waals surface area contributed by atoms with Gasteiger partial charge in [-0.05, 0) is 112 Å². The van der Waals surface area contributed by atoms with Gasteiger partial charge in [0.2, 0.25) is 11.8 Å². The number of imide groups is 1. The standard InChI is InChI=1S/C48H54N12O4/c1-29-23-33(5-8-36(29)31(3)52-45(62)44-55-46(64-56-44)48(4)14-15-48)42-37-25-39(53-43(37)51-28-50-42)38-9-6-35(26-49-38)59-21-19-57(20-22-59)27-32-11-16-58(17-12-32)34-7-10-40(30(2)24-34)60-18-13-41(61)54-47(60)63/h5-10,23-26,28,31-32H,11-22,27H2,1-4H3,(H,52,62)(H,50,51,53)(H,54,61,63)/t31-/m1/s1. The summed E-state index contributed by atoms with van der Waals surface area (Å²) in [5.41, 5.74) is 10.4. The summed E-state index contributed by atoms with van der Waals surface area (Å²) in [6.07, 6.45) is 8.16. The lowest BCUT2D eigenvalue weighted by atomic mass is 9.95. The number of hydrogen-bond acceptors (Lipinski definition) is 12. The van der Waals surface area contributed by atoms with Gasteiger partial charge in [0.15, 0.2) is 0 Å². The summed E-state index contributed by atoms with van der Waals surface area (Å²) in [7, 11) is 0. The molecule has 7 heterocycles. The number of piperidine rings is 1. The van der Waals surface area contributed by atoms with Crippen LogP contribution in [0.25, 0.3) is 33.7 Å². The predicted molar refractivity (Wildman–Crippen MR) is 244 cm³/mol. The number of carbonyl (C=O) groups is 3. The van der Waals surface area contributed by atoms with Gasteiger partial charge in [0.25, 0.3) is 11.7 Å². The van der Waals surface area contributed by atoms with Gasteiger partial charge in [0.05, 0.1) is 35.0 Å². The van der Waals surface area contributed by atoms with Gasteiger partial charge in [0.1, 0.15) is 12.0 Å². The maximum atomic E-state index is 13.0.